The van der Waals surface area contributed by atoms with E-state index in [1.54, 1.807) is 18.6 Å². The van der Waals surface area contributed by atoms with Crippen LogP contribution in [0.4, 0.5) is 5.69 Å². The van der Waals surface area contributed by atoms with Gasteiger partial charge in [0.1, 0.15) is 0 Å². The summed E-state index contributed by atoms with van der Waals surface area (Å²) in [5.74, 6) is 0.510. The van der Waals surface area contributed by atoms with Crippen molar-refractivity contribution in [2.24, 2.45) is 10.7 Å². The van der Waals surface area contributed by atoms with Crippen molar-refractivity contribution in [2.45, 2.75) is 0 Å². The molecule has 0 unspecified atom stereocenters. The van der Waals surface area contributed by atoms with Crippen LogP contribution in [0.2, 0.25) is 0 Å². The highest BCUT2D eigenvalue weighted by Gasteiger charge is 2.10. The van der Waals surface area contributed by atoms with Crippen LogP contribution in [0.25, 0.3) is 0 Å². The monoisotopic (exact) mass is 174 g/mol. The van der Waals surface area contributed by atoms with Crippen LogP contribution in [0, 0.1) is 0 Å². The van der Waals surface area contributed by atoms with Gasteiger partial charge in [-0.05, 0) is 18.2 Å². The molecule has 1 aliphatic heterocycles. The normalized spacial score (nSPS) is 15.7. The van der Waals surface area contributed by atoms with Crippen molar-refractivity contribution in [1.82, 2.24) is 4.98 Å². The first-order valence-corrected chi connectivity index (χ1v) is 4.04. The van der Waals surface area contributed by atoms with Crippen LogP contribution in [0.5, 0.6) is 0 Å². The fourth-order valence-electron chi connectivity index (χ4n) is 1.20. The molecule has 0 amide bonds. The molecular formula is C9H10N4. The Balaban J connectivity index is 2.28. The van der Waals surface area contributed by atoms with Crippen LogP contribution in [0.15, 0.2) is 41.8 Å². The maximum absolute atomic E-state index is 5.71. The van der Waals surface area contributed by atoms with Gasteiger partial charge in [-0.15, -0.1) is 0 Å². The number of aromatic nitrogens is 1. The molecule has 1 aliphatic rings. The molecule has 0 fully saturated rings. The molecule has 2 N–H and O–H groups in total. The van der Waals surface area contributed by atoms with Crippen molar-refractivity contribution in [3.63, 3.8) is 0 Å². The summed E-state index contributed by atoms with van der Waals surface area (Å²) in [6.45, 7) is 0.751. The molecule has 0 bridgehead atoms. The lowest BCUT2D eigenvalue weighted by atomic mass is 10.3. The average molecular weight is 174 g/mol. The summed E-state index contributed by atoms with van der Waals surface area (Å²) in [7, 11) is 0. The molecule has 4 heteroatoms. The quantitative estimate of drug-likeness (QED) is 0.682. The molecule has 0 aliphatic carbocycles. The van der Waals surface area contributed by atoms with Gasteiger partial charge < -0.3 is 10.6 Å². The molecule has 0 radical (unpaired) electrons. The Morgan fingerprint density at radius 1 is 1.46 bits per heavy atom. The van der Waals surface area contributed by atoms with Crippen molar-refractivity contribution < 1.29 is 0 Å². The van der Waals surface area contributed by atoms with Gasteiger partial charge in [-0.2, -0.15) is 0 Å². The molecule has 1 aromatic rings. The Kier molecular flexibility index (Phi) is 1.96. The second kappa shape index (κ2) is 3.26. The van der Waals surface area contributed by atoms with Gasteiger partial charge in [0.05, 0.1) is 11.9 Å². The van der Waals surface area contributed by atoms with Gasteiger partial charge in [-0.3, -0.25) is 4.98 Å². The van der Waals surface area contributed by atoms with E-state index in [-0.39, 0.29) is 0 Å². The summed E-state index contributed by atoms with van der Waals surface area (Å²) in [4.78, 5) is 9.91. The third-order valence-corrected chi connectivity index (χ3v) is 1.83. The van der Waals surface area contributed by atoms with E-state index in [0.717, 1.165) is 12.2 Å². The number of nitrogens with zero attached hydrogens (tertiary/aromatic N) is 3. The standard InChI is InChI=1S/C9H10N4/c10-9-12-5-2-6-13(9)8-3-1-4-11-7-8/h1-5,7H,6H2,(H2,10,12). The van der Waals surface area contributed by atoms with Gasteiger partial charge in [0.25, 0.3) is 0 Å². The molecule has 0 saturated carbocycles. The second-order valence-electron chi connectivity index (χ2n) is 2.69. The topological polar surface area (TPSA) is 54.5 Å². The molecule has 2 heterocycles. The molecule has 0 aromatic carbocycles. The van der Waals surface area contributed by atoms with Crippen molar-refractivity contribution in [2.75, 3.05) is 11.4 Å². The van der Waals surface area contributed by atoms with E-state index in [2.05, 4.69) is 9.98 Å². The van der Waals surface area contributed by atoms with Crippen molar-refractivity contribution in [3.05, 3.63) is 36.8 Å². The number of aliphatic imine (C=N–C) groups is 1. The highest BCUT2D eigenvalue weighted by Crippen LogP contribution is 2.12. The lowest BCUT2D eigenvalue weighted by Crippen LogP contribution is -2.38. The Labute approximate surface area is 76.4 Å². The lowest BCUT2D eigenvalue weighted by Gasteiger charge is -2.23. The largest absolute Gasteiger partial charge is 0.369 e. The Bertz CT molecular complexity index is 342. The first kappa shape index (κ1) is 7.79. The molecule has 66 valence electrons. The lowest BCUT2D eigenvalue weighted by molar-refractivity contribution is 1.07. The first-order chi connectivity index (χ1) is 6.38. The molecule has 13 heavy (non-hydrogen) atoms. The molecular weight excluding hydrogens is 164 g/mol. The first-order valence-electron chi connectivity index (χ1n) is 4.04. The smallest absolute Gasteiger partial charge is 0.200 e. The Hall–Kier alpha value is -1.84. The molecule has 2 rings (SSSR count). The number of hydrogen-bond donors (Lipinski definition) is 1. The van der Waals surface area contributed by atoms with E-state index >= 15 is 0 Å². The van der Waals surface area contributed by atoms with Gasteiger partial charge in [0.2, 0.25) is 5.96 Å². The van der Waals surface area contributed by atoms with E-state index in [9.17, 15) is 0 Å². The predicted octanol–water partition coefficient (Wildman–Crippen LogP) is 0.730. The number of pyridine rings is 1. The molecule has 0 saturated heterocycles. The van der Waals surface area contributed by atoms with Crippen LogP contribution in [-0.2, 0) is 0 Å². The van der Waals surface area contributed by atoms with Crippen LogP contribution in [0.1, 0.15) is 0 Å². The van der Waals surface area contributed by atoms with Crippen molar-refractivity contribution in [1.29, 1.82) is 0 Å². The van der Waals surface area contributed by atoms with Crippen molar-refractivity contribution in [3.8, 4) is 0 Å². The highest BCUT2D eigenvalue weighted by atomic mass is 15.3. The zero-order valence-electron chi connectivity index (χ0n) is 7.09. The zero-order valence-corrected chi connectivity index (χ0v) is 7.09. The maximum Gasteiger partial charge on any atom is 0.200 e. The second-order valence-corrected chi connectivity index (χ2v) is 2.69. The minimum Gasteiger partial charge on any atom is -0.369 e. The van der Waals surface area contributed by atoms with E-state index in [4.69, 9.17) is 5.73 Å². The van der Waals surface area contributed by atoms with E-state index < -0.39 is 0 Å². The predicted molar refractivity (Wildman–Crippen MR) is 52.3 cm³/mol. The third-order valence-electron chi connectivity index (χ3n) is 1.83. The van der Waals surface area contributed by atoms with E-state index in [1.807, 2.05) is 23.1 Å². The number of guanidine groups is 1. The van der Waals surface area contributed by atoms with Crippen LogP contribution in [0.3, 0.4) is 0 Å². The number of nitrogens with two attached hydrogens (primary N) is 1. The summed E-state index contributed by atoms with van der Waals surface area (Å²) in [5, 5.41) is 0. The fourth-order valence-corrected chi connectivity index (χ4v) is 1.20. The van der Waals surface area contributed by atoms with Crippen LogP contribution < -0.4 is 10.6 Å². The van der Waals surface area contributed by atoms with Gasteiger partial charge in [-0.1, -0.05) is 0 Å². The third kappa shape index (κ3) is 1.51. The molecule has 4 nitrogen and oxygen atoms in total. The Morgan fingerprint density at radius 2 is 2.38 bits per heavy atom. The molecule has 0 atom stereocenters. The minimum absolute atomic E-state index is 0.510. The Morgan fingerprint density at radius 3 is 3.08 bits per heavy atom. The zero-order chi connectivity index (χ0) is 9.10. The molecule has 1 aromatic heterocycles. The van der Waals surface area contributed by atoms with E-state index in [0.29, 0.717) is 5.96 Å². The van der Waals surface area contributed by atoms with Crippen LogP contribution >= 0.6 is 0 Å². The van der Waals surface area contributed by atoms with Gasteiger partial charge in [0, 0.05) is 18.9 Å². The summed E-state index contributed by atoms with van der Waals surface area (Å²) >= 11 is 0. The molecule has 0 spiro atoms. The highest BCUT2D eigenvalue weighted by molar-refractivity contribution is 5.95. The summed E-state index contributed by atoms with van der Waals surface area (Å²) in [5.41, 5.74) is 6.67. The average Bonchev–Trinajstić information content (AvgIpc) is 2.20. The van der Waals surface area contributed by atoms with E-state index in [1.165, 1.54) is 0 Å². The number of rotatable bonds is 1. The number of anilines is 1. The van der Waals surface area contributed by atoms with Gasteiger partial charge in [-0.25, -0.2) is 4.99 Å². The fraction of sp³-hybridized carbons (Fsp3) is 0.111. The van der Waals surface area contributed by atoms with Gasteiger partial charge >= 0.3 is 0 Å². The SMILES string of the molecule is NC1=NC=CCN1c1cccnc1. The van der Waals surface area contributed by atoms with Gasteiger partial charge in [0.15, 0.2) is 0 Å². The summed E-state index contributed by atoms with van der Waals surface area (Å²) < 4.78 is 0. The number of hydrogen-bond acceptors (Lipinski definition) is 4. The summed E-state index contributed by atoms with van der Waals surface area (Å²) in [6.07, 6.45) is 7.16. The van der Waals surface area contributed by atoms with Crippen molar-refractivity contribution >= 4 is 11.6 Å². The minimum atomic E-state index is 0.510. The maximum atomic E-state index is 5.71. The van der Waals surface area contributed by atoms with Crippen LogP contribution in [-0.4, -0.2) is 17.5 Å². The summed E-state index contributed by atoms with van der Waals surface area (Å²) in [6, 6.07) is 3.83.